The Bertz CT molecular complexity index is 819. The molecular weight excluding hydrogens is 328 g/mol. The monoisotopic (exact) mass is 352 g/mol. The van der Waals surface area contributed by atoms with Gasteiger partial charge in [-0.2, -0.15) is 0 Å². The van der Waals surface area contributed by atoms with Crippen LogP contribution in [-0.4, -0.2) is 18.5 Å². The number of aryl methyl sites for hydroxylation is 2. The van der Waals surface area contributed by atoms with Crippen LogP contribution in [0.5, 0.6) is 0 Å². The zero-order valence-electron chi connectivity index (χ0n) is 14.8. The summed E-state index contributed by atoms with van der Waals surface area (Å²) >= 11 is 0. The Morgan fingerprint density at radius 3 is 2.81 bits per heavy atom. The Morgan fingerprint density at radius 1 is 1.23 bits per heavy atom. The van der Waals surface area contributed by atoms with Crippen LogP contribution in [0.25, 0.3) is 0 Å². The molecule has 0 radical (unpaired) electrons. The van der Waals surface area contributed by atoms with E-state index >= 15 is 0 Å². The lowest BCUT2D eigenvalue weighted by Gasteiger charge is -2.21. The van der Waals surface area contributed by atoms with Crippen molar-refractivity contribution in [3.63, 3.8) is 0 Å². The fourth-order valence-electron chi connectivity index (χ4n) is 3.34. The Labute approximate surface area is 153 Å². The second-order valence-corrected chi connectivity index (χ2v) is 6.57. The number of urea groups is 1. The minimum Gasteiger partial charge on any atom is -0.385 e. The molecule has 0 aromatic heterocycles. The first-order valence-corrected chi connectivity index (χ1v) is 8.81. The number of hydrogen-bond donors (Lipinski definition) is 4. The molecule has 2 aromatic carbocycles. The number of nitrogens with two attached hydrogens (primary N) is 1. The summed E-state index contributed by atoms with van der Waals surface area (Å²) in [5, 5.41) is 8.95. The molecule has 1 aliphatic heterocycles. The van der Waals surface area contributed by atoms with E-state index < -0.39 is 12.1 Å². The highest BCUT2D eigenvalue weighted by atomic mass is 16.2. The summed E-state index contributed by atoms with van der Waals surface area (Å²) in [7, 11) is 0. The first-order valence-electron chi connectivity index (χ1n) is 8.81. The second kappa shape index (κ2) is 7.91. The van der Waals surface area contributed by atoms with E-state index in [9.17, 15) is 9.59 Å². The lowest BCUT2D eigenvalue weighted by Crippen LogP contribution is -2.35. The van der Waals surface area contributed by atoms with Gasteiger partial charge in [-0.3, -0.25) is 4.79 Å². The van der Waals surface area contributed by atoms with Gasteiger partial charge in [-0.05, 0) is 54.7 Å². The fourth-order valence-corrected chi connectivity index (χ4v) is 3.34. The summed E-state index contributed by atoms with van der Waals surface area (Å²) in [5.74, 6) is -0.171. The van der Waals surface area contributed by atoms with E-state index in [-0.39, 0.29) is 12.3 Å². The number of carbonyl (C=O) groups is 2. The molecule has 0 aliphatic carbocycles. The van der Waals surface area contributed by atoms with Gasteiger partial charge >= 0.3 is 6.03 Å². The molecule has 136 valence electrons. The molecule has 0 saturated heterocycles. The average molecular weight is 352 g/mol. The molecule has 6 nitrogen and oxygen atoms in total. The van der Waals surface area contributed by atoms with Gasteiger partial charge in [-0.25, -0.2) is 4.79 Å². The topological polar surface area (TPSA) is 96.2 Å². The average Bonchev–Trinajstić information content (AvgIpc) is 2.61. The summed E-state index contributed by atoms with van der Waals surface area (Å²) in [6.45, 7) is 2.93. The van der Waals surface area contributed by atoms with Gasteiger partial charge < -0.3 is 21.7 Å². The molecule has 0 spiro atoms. The number of rotatable bonds is 5. The van der Waals surface area contributed by atoms with Crippen molar-refractivity contribution in [3.8, 4) is 0 Å². The van der Waals surface area contributed by atoms with E-state index in [2.05, 4.69) is 16.0 Å². The van der Waals surface area contributed by atoms with Crippen LogP contribution in [0.1, 0.15) is 35.6 Å². The van der Waals surface area contributed by atoms with Crippen molar-refractivity contribution in [1.29, 1.82) is 0 Å². The summed E-state index contributed by atoms with van der Waals surface area (Å²) in [5.41, 5.74) is 10.3. The second-order valence-electron chi connectivity index (χ2n) is 6.57. The number of carbonyl (C=O) groups excluding carboxylic acids is 2. The van der Waals surface area contributed by atoms with Gasteiger partial charge in [-0.15, -0.1) is 0 Å². The molecule has 0 saturated carbocycles. The molecule has 2 aromatic rings. The Morgan fingerprint density at radius 2 is 2.04 bits per heavy atom. The first-order chi connectivity index (χ1) is 12.5. The smallest absolute Gasteiger partial charge is 0.312 e. The van der Waals surface area contributed by atoms with Crippen molar-refractivity contribution in [2.45, 2.75) is 32.2 Å². The molecule has 3 rings (SSSR count). The highest BCUT2D eigenvalue weighted by molar-refractivity contribution is 5.92. The summed E-state index contributed by atoms with van der Waals surface area (Å²) in [4.78, 5) is 23.9. The van der Waals surface area contributed by atoms with E-state index in [1.165, 1.54) is 5.56 Å². The summed E-state index contributed by atoms with van der Waals surface area (Å²) in [6.07, 6.45) is 2.20. The van der Waals surface area contributed by atoms with Crippen molar-refractivity contribution in [3.05, 3.63) is 59.2 Å². The molecule has 1 aliphatic rings. The Hall–Kier alpha value is -3.02. The number of anilines is 2. The highest BCUT2D eigenvalue weighted by Gasteiger charge is 2.19. The first kappa shape index (κ1) is 17.8. The minimum atomic E-state index is -0.647. The maximum absolute atomic E-state index is 12.5. The zero-order chi connectivity index (χ0) is 18.5. The third kappa shape index (κ3) is 4.33. The standard InChI is InChI=1S/C20H24N4O2/c1-13-5-2-3-7-16(13)18(24-20(21)26)12-19(25)23-15-8-9-17-14(11-15)6-4-10-22-17/h2-3,5,7-9,11,18,22H,4,6,10,12H2,1H3,(H,23,25)(H3,21,24,26). The van der Waals surface area contributed by atoms with Crippen LogP contribution in [0.2, 0.25) is 0 Å². The molecule has 6 heteroatoms. The molecule has 1 heterocycles. The Balaban J connectivity index is 1.72. The van der Waals surface area contributed by atoms with Crippen LogP contribution in [-0.2, 0) is 11.2 Å². The van der Waals surface area contributed by atoms with E-state index in [1.807, 2.05) is 49.4 Å². The zero-order valence-corrected chi connectivity index (χ0v) is 14.8. The van der Waals surface area contributed by atoms with Crippen LogP contribution in [0.4, 0.5) is 16.2 Å². The normalized spacial score (nSPS) is 13.9. The number of benzene rings is 2. The van der Waals surface area contributed by atoms with Crippen molar-refractivity contribution in [2.75, 3.05) is 17.2 Å². The molecule has 0 bridgehead atoms. The number of primary amides is 1. The van der Waals surface area contributed by atoms with Crippen LogP contribution >= 0.6 is 0 Å². The van der Waals surface area contributed by atoms with E-state index in [1.54, 1.807) is 0 Å². The van der Waals surface area contributed by atoms with Crippen molar-refractivity contribution < 1.29 is 9.59 Å². The fraction of sp³-hybridized carbons (Fsp3) is 0.300. The van der Waals surface area contributed by atoms with Gasteiger partial charge in [0, 0.05) is 17.9 Å². The number of nitrogens with one attached hydrogen (secondary N) is 3. The van der Waals surface area contributed by atoms with Gasteiger partial charge in [0.1, 0.15) is 0 Å². The number of amides is 3. The van der Waals surface area contributed by atoms with Crippen LogP contribution in [0, 0.1) is 6.92 Å². The third-order valence-corrected chi connectivity index (χ3v) is 4.60. The van der Waals surface area contributed by atoms with Crippen molar-refractivity contribution in [2.24, 2.45) is 5.73 Å². The van der Waals surface area contributed by atoms with Gasteiger partial charge in [0.25, 0.3) is 0 Å². The lowest BCUT2D eigenvalue weighted by atomic mass is 9.98. The van der Waals surface area contributed by atoms with Crippen LogP contribution < -0.4 is 21.7 Å². The van der Waals surface area contributed by atoms with Crippen LogP contribution in [0.15, 0.2) is 42.5 Å². The number of hydrogen-bond acceptors (Lipinski definition) is 3. The van der Waals surface area contributed by atoms with E-state index in [0.29, 0.717) is 0 Å². The van der Waals surface area contributed by atoms with Crippen molar-refractivity contribution >= 4 is 23.3 Å². The molecule has 1 unspecified atom stereocenters. The summed E-state index contributed by atoms with van der Waals surface area (Å²) in [6, 6.07) is 12.4. The Kier molecular flexibility index (Phi) is 5.41. The van der Waals surface area contributed by atoms with Gasteiger partial charge in [0.2, 0.25) is 5.91 Å². The summed E-state index contributed by atoms with van der Waals surface area (Å²) < 4.78 is 0. The van der Waals surface area contributed by atoms with E-state index in [4.69, 9.17) is 5.73 Å². The molecular formula is C20H24N4O2. The minimum absolute atomic E-state index is 0.114. The lowest BCUT2D eigenvalue weighted by molar-refractivity contribution is -0.116. The molecule has 5 N–H and O–H groups in total. The maximum Gasteiger partial charge on any atom is 0.312 e. The molecule has 1 atom stereocenters. The molecule has 3 amide bonds. The SMILES string of the molecule is Cc1ccccc1C(CC(=O)Nc1ccc2c(c1)CCCN2)NC(N)=O. The van der Waals surface area contributed by atoms with Crippen molar-refractivity contribution in [1.82, 2.24) is 5.32 Å². The maximum atomic E-state index is 12.5. The molecule has 0 fully saturated rings. The quantitative estimate of drug-likeness (QED) is 0.666. The number of fused-ring (bicyclic) bond motifs is 1. The van der Waals surface area contributed by atoms with Gasteiger partial charge in [0.05, 0.1) is 12.5 Å². The van der Waals surface area contributed by atoms with E-state index in [0.717, 1.165) is 41.9 Å². The van der Waals surface area contributed by atoms with Gasteiger partial charge in [-0.1, -0.05) is 24.3 Å². The third-order valence-electron chi connectivity index (χ3n) is 4.60. The predicted octanol–water partition coefficient (Wildman–Crippen LogP) is 3.09. The molecule has 26 heavy (non-hydrogen) atoms. The largest absolute Gasteiger partial charge is 0.385 e. The predicted molar refractivity (Wildman–Crippen MR) is 103 cm³/mol. The van der Waals surface area contributed by atoms with Crippen LogP contribution in [0.3, 0.4) is 0 Å². The van der Waals surface area contributed by atoms with Gasteiger partial charge in [0.15, 0.2) is 0 Å². The highest BCUT2D eigenvalue weighted by Crippen LogP contribution is 2.26.